The number of carboxylic acid groups (broad SMARTS) is 1. The van der Waals surface area contributed by atoms with Crippen LogP contribution in [0.2, 0.25) is 0 Å². The maximum atomic E-state index is 9.69. The number of carbonyl (C=O) groups is 2. The first-order chi connectivity index (χ1) is 3.68. The Balaban J connectivity index is 3.46. The Morgan fingerprint density at radius 3 is 2.50 bits per heavy atom. The zero-order valence-electron chi connectivity index (χ0n) is 3.96. The predicted octanol–water partition coefficient (Wildman–Crippen LogP) is -1.07. The van der Waals surface area contributed by atoms with Gasteiger partial charge >= 0.3 is 0 Å². The number of rotatable bonds is 3. The fourth-order valence-electron chi connectivity index (χ4n) is 0.181. The van der Waals surface area contributed by atoms with Crippen LogP contribution in [-0.4, -0.2) is 17.6 Å². The molecule has 0 N–H and O–H groups in total. The molecule has 0 saturated heterocycles. The number of hydrogen-bond acceptors (Lipinski definition) is 3. The molecule has 46 valence electrons. The number of hydrogen-bond donors (Lipinski definition) is 0. The maximum absolute atomic E-state index is 9.69. The van der Waals surface area contributed by atoms with Crippen LogP contribution in [0, 0.1) is 0 Å². The molecule has 0 aromatic rings. The first kappa shape index (κ1) is 7.43. The van der Waals surface area contributed by atoms with E-state index in [1.807, 2.05) is 0 Å². The summed E-state index contributed by atoms with van der Waals surface area (Å²) in [5, 5.41) is 8.51. The summed E-state index contributed by atoms with van der Waals surface area (Å²) in [5.41, 5.74) is 0. The van der Waals surface area contributed by atoms with Crippen LogP contribution in [0.25, 0.3) is 0 Å². The van der Waals surface area contributed by atoms with Gasteiger partial charge in [0.25, 0.3) is 0 Å². The van der Waals surface area contributed by atoms with Gasteiger partial charge in [0, 0.05) is 6.42 Å². The average molecular weight is 136 g/mol. The summed E-state index contributed by atoms with van der Waals surface area (Å²) in [7, 11) is 0. The largest absolute Gasteiger partial charge is 0.549 e. The maximum Gasteiger partial charge on any atom is 0.121 e. The van der Waals surface area contributed by atoms with Crippen LogP contribution in [0.3, 0.4) is 0 Å². The minimum atomic E-state index is -1.40. The van der Waals surface area contributed by atoms with Gasteiger partial charge in [0.15, 0.2) is 0 Å². The van der Waals surface area contributed by atoms with Crippen molar-refractivity contribution in [3.05, 3.63) is 0 Å². The molecule has 0 aliphatic rings. The van der Waals surface area contributed by atoms with Gasteiger partial charge in [0.1, 0.15) is 6.29 Å². The van der Waals surface area contributed by atoms with Gasteiger partial charge in [-0.15, -0.1) is 11.6 Å². The lowest BCUT2D eigenvalue weighted by Gasteiger charge is -2.03. The van der Waals surface area contributed by atoms with Crippen molar-refractivity contribution in [3.63, 3.8) is 0 Å². The molecule has 4 heteroatoms. The van der Waals surface area contributed by atoms with E-state index in [1.165, 1.54) is 0 Å². The quantitative estimate of drug-likeness (QED) is 0.366. The number of carboxylic acids is 1. The van der Waals surface area contributed by atoms with Crippen LogP contribution in [0.1, 0.15) is 6.42 Å². The van der Waals surface area contributed by atoms with E-state index < -0.39 is 11.3 Å². The van der Waals surface area contributed by atoms with Gasteiger partial charge in [0.05, 0.1) is 11.3 Å². The molecule has 0 fully saturated rings. The van der Waals surface area contributed by atoms with E-state index in [2.05, 4.69) is 0 Å². The molecule has 8 heavy (non-hydrogen) atoms. The van der Waals surface area contributed by atoms with Crippen LogP contribution in [0.15, 0.2) is 0 Å². The fraction of sp³-hybridized carbons (Fsp3) is 0.500. The zero-order valence-corrected chi connectivity index (χ0v) is 4.72. The molecule has 0 amide bonds. The van der Waals surface area contributed by atoms with Gasteiger partial charge in [0.2, 0.25) is 0 Å². The Morgan fingerprint density at radius 2 is 2.38 bits per heavy atom. The molecular weight excluding hydrogens is 131 g/mol. The summed E-state index contributed by atoms with van der Waals surface area (Å²) >= 11 is 5.02. The molecule has 0 aliphatic heterocycles. The van der Waals surface area contributed by atoms with Gasteiger partial charge in [-0.1, -0.05) is 0 Å². The summed E-state index contributed by atoms with van der Waals surface area (Å²) in [5.74, 6) is -1.40. The Kier molecular flexibility index (Phi) is 3.19. The third-order valence-electron chi connectivity index (χ3n) is 0.559. The van der Waals surface area contributed by atoms with Gasteiger partial charge in [-0.3, -0.25) is 0 Å². The minimum absolute atomic E-state index is 0.191. The summed E-state index contributed by atoms with van der Waals surface area (Å²) in [6, 6.07) is 0. The first-order valence-electron chi connectivity index (χ1n) is 1.97. The summed E-state index contributed by atoms with van der Waals surface area (Å²) in [4.78, 5) is 19.2. The number of aldehydes is 1. The van der Waals surface area contributed by atoms with Crippen molar-refractivity contribution in [2.45, 2.75) is 11.8 Å². The third kappa shape index (κ3) is 2.58. The molecule has 1 unspecified atom stereocenters. The molecule has 0 saturated carbocycles. The van der Waals surface area contributed by atoms with Crippen molar-refractivity contribution in [1.82, 2.24) is 0 Å². The monoisotopic (exact) mass is 135 g/mol. The number of halogens is 1. The van der Waals surface area contributed by atoms with E-state index in [1.54, 1.807) is 0 Å². The van der Waals surface area contributed by atoms with Gasteiger partial charge in [-0.2, -0.15) is 0 Å². The lowest BCUT2D eigenvalue weighted by atomic mass is 10.3. The average Bonchev–Trinajstić information content (AvgIpc) is 1.67. The molecule has 1 atom stereocenters. The molecule has 0 rings (SSSR count). The van der Waals surface area contributed by atoms with E-state index >= 15 is 0 Å². The highest BCUT2D eigenvalue weighted by atomic mass is 35.5. The van der Waals surface area contributed by atoms with E-state index in [0.717, 1.165) is 0 Å². The van der Waals surface area contributed by atoms with E-state index in [9.17, 15) is 14.7 Å². The summed E-state index contributed by atoms with van der Waals surface area (Å²) < 4.78 is 0. The van der Waals surface area contributed by atoms with E-state index in [4.69, 9.17) is 11.6 Å². The second kappa shape index (κ2) is 3.43. The molecule has 0 heterocycles. The highest BCUT2D eigenvalue weighted by Gasteiger charge is 2.01. The molecule has 0 radical (unpaired) electrons. The first-order valence-corrected chi connectivity index (χ1v) is 2.40. The van der Waals surface area contributed by atoms with Crippen LogP contribution in [-0.2, 0) is 9.59 Å². The Morgan fingerprint density at radius 1 is 1.88 bits per heavy atom. The topological polar surface area (TPSA) is 57.2 Å². The highest BCUT2D eigenvalue weighted by Crippen LogP contribution is 1.95. The lowest BCUT2D eigenvalue weighted by Crippen LogP contribution is -2.32. The standard InChI is InChI=1S/C4H5ClO3/c5-3(1-2-6)4(7)8/h2-3H,1H2,(H,7,8)/p-1. The summed E-state index contributed by atoms with van der Waals surface area (Å²) in [6.45, 7) is 0. The third-order valence-corrected chi connectivity index (χ3v) is 0.915. The molecule has 0 aromatic carbocycles. The second-order valence-electron chi connectivity index (χ2n) is 1.19. The highest BCUT2D eigenvalue weighted by molar-refractivity contribution is 6.29. The molecular formula is C4H4ClO3-. The lowest BCUT2D eigenvalue weighted by molar-refractivity contribution is -0.305. The van der Waals surface area contributed by atoms with Crippen molar-refractivity contribution in [1.29, 1.82) is 0 Å². The van der Waals surface area contributed by atoms with Crippen LogP contribution < -0.4 is 5.11 Å². The number of aliphatic carboxylic acids is 1. The van der Waals surface area contributed by atoms with Crippen molar-refractivity contribution in [2.75, 3.05) is 0 Å². The second-order valence-corrected chi connectivity index (χ2v) is 1.72. The van der Waals surface area contributed by atoms with Crippen LogP contribution >= 0.6 is 11.6 Å². The fourth-order valence-corrected chi connectivity index (χ4v) is 0.253. The Bertz CT molecular complexity index is 101. The molecule has 0 aliphatic carbocycles. The normalized spacial score (nSPS) is 12.6. The SMILES string of the molecule is O=CCC(Cl)C(=O)[O-]. The smallest absolute Gasteiger partial charge is 0.121 e. The van der Waals surface area contributed by atoms with Gasteiger partial charge < -0.3 is 14.7 Å². The van der Waals surface area contributed by atoms with E-state index in [0.29, 0.717) is 6.29 Å². The van der Waals surface area contributed by atoms with Crippen molar-refractivity contribution in [3.8, 4) is 0 Å². The van der Waals surface area contributed by atoms with E-state index in [-0.39, 0.29) is 6.42 Å². The van der Waals surface area contributed by atoms with Crippen LogP contribution in [0.5, 0.6) is 0 Å². The Labute approximate surface area is 51.3 Å². The van der Waals surface area contributed by atoms with Gasteiger partial charge in [-0.05, 0) is 0 Å². The number of alkyl halides is 1. The van der Waals surface area contributed by atoms with Crippen molar-refractivity contribution < 1.29 is 14.7 Å². The van der Waals surface area contributed by atoms with Gasteiger partial charge in [-0.25, -0.2) is 0 Å². The van der Waals surface area contributed by atoms with Crippen molar-refractivity contribution >= 4 is 23.9 Å². The molecule has 0 bridgehead atoms. The summed E-state index contributed by atoms with van der Waals surface area (Å²) in [6.07, 6.45) is 0.247. The van der Waals surface area contributed by atoms with Crippen molar-refractivity contribution in [2.24, 2.45) is 0 Å². The zero-order chi connectivity index (χ0) is 6.57. The predicted molar refractivity (Wildman–Crippen MR) is 25.3 cm³/mol. The van der Waals surface area contributed by atoms with Crippen LogP contribution in [0.4, 0.5) is 0 Å². The minimum Gasteiger partial charge on any atom is -0.549 e. The molecule has 3 nitrogen and oxygen atoms in total. The Hall–Kier alpha value is -0.570. The number of carbonyl (C=O) groups excluding carboxylic acids is 2. The molecule has 0 aromatic heterocycles. The molecule has 0 spiro atoms.